The van der Waals surface area contributed by atoms with Crippen LogP contribution in [0.2, 0.25) is 5.02 Å². The van der Waals surface area contributed by atoms with Crippen molar-refractivity contribution in [2.45, 2.75) is 37.7 Å². The number of benzene rings is 1. The molecule has 0 radical (unpaired) electrons. The van der Waals surface area contributed by atoms with E-state index in [2.05, 4.69) is 4.90 Å². The van der Waals surface area contributed by atoms with E-state index in [1.54, 1.807) is 0 Å². The van der Waals surface area contributed by atoms with E-state index in [9.17, 15) is 5.11 Å². The van der Waals surface area contributed by atoms with Crippen LogP contribution in [0, 0.1) is 5.92 Å². The molecule has 1 saturated heterocycles. The van der Waals surface area contributed by atoms with Crippen LogP contribution >= 0.6 is 11.6 Å². The van der Waals surface area contributed by atoms with E-state index in [4.69, 9.17) is 16.3 Å². The Morgan fingerprint density at radius 2 is 1.73 bits per heavy atom. The first kappa shape index (κ1) is 16.3. The summed E-state index contributed by atoms with van der Waals surface area (Å²) in [5.41, 5.74) is 0.234. The van der Waals surface area contributed by atoms with E-state index in [1.165, 1.54) is 19.3 Å². The van der Waals surface area contributed by atoms with Gasteiger partial charge in [0, 0.05) is 24.7 Å². The first-order chi connectivity index (χ1) is 10.7. The molecule has 1 N–H and O–H groups in total. The predicted molar refractivity (Wildman–Crippen MR) is 89.2 cm³/mol. The minimum Gasteiger partial charge on any atom is -0.384 e. The van der Waals surface area contributed by atoms with E-state index < -0.39 is 5.60 Å². The zero-order valence-corrected chi connectivity index (χ0v) is 13.9. The molecular weight excluding hydrogens is 298 g/mol. The van der Waals surface area contributed by atoms with Crippen molar-refractivity contribution in [1.82, 2.24) is 4.90 Å². The van der Waals surface area contributed by atoms with Gasteiger partial charge in [-0.05, 0) is 36.5 Å². The number of nitrogens with zero attached hydrogens (tertiary/aromatic N) is 1. The van der Waals surface area contributed by atoms with Crippen molar-refractivity contribution >= 4 is 11.6 Å². The third-order valence-electron chi connectivity index (χ3n) is 5.19. The summed E-state index contributed by atoms with van der Waals surface area (Å²) in [6.45, 7) is 4.04. The SMILES string of the molecule is OC(CN1CCOCC1)(c1ccc(Cl)cc1)C1CCCCC1. The fourth-order valence-corrected chi connectivity index (χ4v) is 4.00. The Morgan fingerprint density at radius 1 is 1.09 bits per heavy atom. The average Bonchev–Trinajstić information content (AvgIpc) is 2.57. The van der Waals surface area contributed by atoms with Gasteiger partial charge in [-0.1, -0.05) is 43.0 Å². The first-order valence-corrected chi connectivity index (χ1v) is 8.85. The molecule has 0 bridgehead atoms. The van der Waals surface area contributed by atoms with Gasteiger partial charge in [-0.2, -0.15) is 0 Å². The molecule has 0 amide bonds. The minimum atomic E-state index is -0.775. The Hall–Kier alpha value is -0.610. The van der Waals surface area contributed by atoms with Crippen LogP contribution in [-0.4, -0.2) is 42.9 Å². The van der Waals surface area contributed by atoms with Gasteiger partial charge in [0.05, 0.1) is 13.2 Å². The predicted octanol–water partition coefficient (Wildman–Crippen LogP) is 3.44. The highest BCUT2D eigenvalue weighted by Crippen LogP contribution is 2.40. The lowest BCUT2D eigenvalue weighted by Gasteiger charge is -2.43. The molecule has 4 heteroatoms. The maximum atomic E-state index is 11.6. The molecule has 1 unspecified atom stereocenters. The van der Waals surface area contributed by atoms with Crippen molar-refractivity contribution in [3.8, 4) is 0 Å². The van der Waals surface area contributed by atoms with Gasteiger partial charge in [-0.25, -0.2) is 0 Å². The lowest BCUT2D eigenvalue weighted by atomic mass is 9.73. The number of rotatable bonds is 4. The highest BCUT2D eigenvalue weighted by Gasteiger charge is 2.40. The number of aliphatic hydroxyl groups is 1. The standard InChI is InChI=1S/C18H26ClNO2/c19-17-8-6-16(7-9-17)18(21,15-4-2-1-3-5-15)14-20-10-12-22-13-11-20/h6-9,15,21H,1-5,10-14H2. The summed E-state index contributed by atoms with van der Waals surface area (Å²) < 4.78 is 5.44. The summed E-state index contributed by atoms with van der Waals surface area (Å²) in [4.78, 5) is 2.34. The van der Waals surface area contributed by atoms with Crippen molar-refractivity contribution in [1.29, 1.82) is 0 Å². The molecule has 3 rings (SSSR count). The molecule has 2 aliphatic rings. The molecule has 1 heterocycles. The second-order valence-corrected chi connectivity index (χ2v) is 7.09. The molecular formula is C18H26ClNO2. The van der Waals surface area contributed by atoms with Gasteiger partial charge in [-0.15, -0.1) is 0 Å². The van der Waals surface area contributed by atoms with E-state index in [0.29, 0.717) is 12.5 Å². The normalized spacial score (nSPS) is 24.1. The minimum absolute atomic E-state index is 0.338. The molecule has 1 atom stereocenters. The first-order valence-electron chi connectivity index (χ1n) is 8.47. The molecule has 1 aliphatic carbocycles. The highest BCUT2D eigenvalue weighted by molar-refractivity contribution is 6.30. The van der Waals surface area contributed by atoms with Crippen molar-refractivity contribution in [2.75, 3.05) is 32.8 Å². The molecule has 1 aromatic carbocycles. The number of halogens is 1. The summed E-state index contributed by atoms with van der Waals surface area (Å²) in [5, 5.41) is 12.3. The summed E-state index contributed by atoms with van der Waals surface area (Å²) in [6, 6.07) is 7.78. The number of β-amino-alcohol motifs (C(OH)–C–C–N with tert-alkyl or cyclic N) is 1. The van der Waals surface area contributed by atoms with Gasteiger partial charge in [0.25, 0.3) is 0 Å². The van der Waals surface area contributed by atoms with Gasteiger partial charge in [0.1, 0.15) is 5.60 Å². The monoisotopic (exact) mass is 323 g/mol. The molecule has 0 spiro atoms. The van der Waals surface area contributed by atoms with E-state index in [0.717, 1.165) is 49.7 Å². The Kier molecular flexibility index (Phi) is 5.40. The third kappa shape index (κ3) is 3.65. The van der Waals surface area contributed by atoms with Crippen LogP contribution in [0.3, 0.4) is 0 Å². The lowest BCUT2D eigenvalue weighted by molar-refractivity contribution is -0.0801. The quantitative estimate of drug-likeness (QED) is 0.921. The summed E-state index contributed by atoms with van der Waals surface area (Å²) >= 11 is 6.03. The van der Waals surface area contributed by atoms with Crippen LogP contribution in [0.15, 0.2) is 24.3 Å². The summed E-state index contributed by atoms with van der Waals surface area (Å²) in [7, 11) is 0. The van der Waals surface area contributed by atoms with E-state index >= 15 is 0 Å². The Morgan fingerprint density at radius 3 is 2.36 bits per heavy atom. The third-order valence-corrected chi connectivity index (χ3v) is 5.44. The van der Waals surface area contributed by atoms with Crippen molar-refractivity contribution in [2.24, 2.45) is 5.92 Å². The number of ether oxygens (including phenoxy) is 1. The van der Waals surface area contributed by atoms with Crippen LogP contribution in [0.5, 0.6) is 0 Å². The second-order valence-electron chi connectivity index (χ2n) is 6.65. The molecule has 0 aromatic heterocycles. The molecule has 1 aromatic rings. The van der Waals surface area contributed by atoms with Crippen molar-refractivity contribution in [3.05, 3.63) is 34.9 Å². The van der Waals surface area contributed by atoms with Gasteiger partial charge in [0.15, 0.2) is 0 Å². The smallest absolute Gasteiger partial charge is 0.105 e. The van der Waals surface area contributed by atoms with Crippen LogP contribution in [0.1, 0.15) is 37.7 Å². The maximum Gasteiger partial charge on any atom is 0.105 e. The summed E-state index contributed by atoms with van der Waals surface area (Å²) in [6.07, 6.45) is 5.98. The van der Waals surface area contributed by atoms with Crippen LogP contribution < -0.4 is 0 Å². The molecule has 2 fully saturated rings. The zero-order chi connectivity index (χ0) is 15.4. The largest absolute Gasteiger partial charge is 0.384 e. The lowest BCUT2D eigenvalue weighted by Crippen LogP contribution is -2.49. The second kappa shape index (κ2) is 7.31. The van der Waals surface area contributed by atoms with Gasteiger partial charge < -0.3 is 9.84 Å². The van der Waals surface area contributed by atoms with E-state index in [1.807, 2.05) is 24.3 Å². The Balaban J connectivity index is 1.84. The van der Waals surface area contributed by atoms with E-state index in [-0.39, 0.29) is 0 Å². The average molecular weight is 324 g/mol. The molecule has 1 aliphatic heterocycles. The van der Waals surface area contributed by atoms with Gasteiger partial charge in [-0.3, -0.25) is 4.90 Å². The number of hydrogen-bond acceptors (Lipinski definition) is 3. The molecule has 1 saturated carbocycles. The van der Waals surface area contributed by atoms with Crippen LogP contribution in [0.25, 0.3) is 0 Å². The fourth-order valence-electron chi connectivity index (χ4n) is 3.87. The zero-order valence-electron chi connectivity index (χ0n) is 13.1. The number of morpholine rings is 1. The summed E-state index contributed by atoms with van der Waals surface area (Å²) in [5.74, 6) is 0.338. The maximum absolute atomic E-state index is 11.6. The number of hydrogen-bond donors (Lipinski definition) is 1. The van der Waals surface area contributed by atoms with Crippen molar-refractivity contribution in [3.63, 3.8) is 0 Å². The highest BCUT2D eigenvalue weighted by atomic mass is 35.5. The molecule has 3 nitrogen and oxygen atoms in total. The van der Waals surface area contributed by atoms with Crippen LogP contribution in [-0.2, 0) is 10.3 Å². The van der Waals surface area contributed by atoms with Crippen molar-refractivity contribution < 1.29 is 9.84 Å². The Bertz CT molecular complexity index is 466. The van der Waals surface area contributed by atoms with Crippen LogP contribution in [0.4, 0.5) is 0 Å². The Labute approximate surface area is 138 Å². The topological polar surface area (TPSA) is 32.7 Å². The fraction of sp³-hybridized carbons (Fsp3) is 0.667. The molecule has 22 heavy (non-hydrogen) atoms. The van der Waals surface area contributed by atoms with Gasteiger partial charge in [0.2, 0.25) is 0 Å². The molecule has 122 valence electrons. The van der Waals surface area contributed by atoms with Gasteiger partial charge >= 0.3 is 0 Å².